The van der Waals surface area contributed by atoms with Gasteiger partial charge in [0.2, 0.25) is 0 Å². The van der Waals surface area contributed by atoms with Gasteiger partial charge >= 0.3 is 0 Å². The monoisotopic (exact) mass is 401 g/mol. The number of carbonyl (C=O) groups is 1. The van der Waals surface area contributed by atoms with Crippen LogP contribution in [-0.4, -0.2) is 64.5 Å². The maximum absolute atomic E-state index is 13.1. The van der Waals surface area contributed by atoms with E-state index in [2.05, 4.69) is 0 Å². The van der Waals surface area contributed by atoms with Crippen LogP contribution in [0.15, 0.2) is 36.4 Å². The number of hydrogen-bond acceptors (Lipinski definition) is 6. The smallest absolute Gasteiger partial charge is 0.254 e. The summed E-state index contributed by atoms with van der Waals surface area (Å²) in [6.07, 6.45) is -0.230. The number of ether oxygens (including phenoxy) is 5. The minimum atomic E-state index is -0.230. The van der Waals surface area contributed by atoms with Crippen LogP contribution in [0, 0.1) is 6.92 Å². The van der Waals surface area contributed by atoms with Gasteiger partial charge in [0, 0.05) is 17.7 Å². The summed E-state index contributed by atoms with van der Waals surface area (Å²) in [5.41, 5.74) is 1.38. The molecule has 0 saturated carbocycles. The molecule has 0 bridgehead atoms. The number of carbonyl (C=O) groups excluding carboxylic acids is 1. The van der Waals surface area contributed by atoms with Crippen molar-refractivity contribution in [3.63, 3.8) is 0 Å². The molecule has 1 aliphatic heterocycles. The number of amides is 1. The molecule has 29 heavy (non-hydrogen) atoms. The van der Waals surface area contributed by atoms with Crippen LogP contribution >= 0.6 is 0 Å². The van der Waals surface area contributed by atoms with Gasteiger partial charge in [-0.15, -0.1) is 0 Å². The summed E-state index contributed by atoms with van der Waals surface area (Å²) >= 11 is 0. The predicted octanol–water partition coefficient (Wildman–Crippen LogP) is 2.94. The minimum Gasteiger partial charge on any atom is -0.496 e. The zero-order valence-corrected chi connectivity index (χ0v) is 17.3. The fourth-order valence-corrected chi connectivity index (χ4v) is 3.32. The summed E-state index contributed by atoms with van der Waals surface area (Å²) in [5, 5.41) is 0. The molecule has 2 aromatic carbocycles. The first-order chi connectivity index (χ1) is 14.1. The summed E-state index contributed by atoms with van der Waals surface area (Å²) in [7, 11) is 4.76. The quantitative estimate of drug-likeness (QED) is 0.711. The zero-order valence-electron chi connectivity index (χ0n) is 17.3. The lowest BCUT2D eigenvalue weighted by Crippen LogP contribution is -2.47. The molecule has 1 amide bonds. The van der Waals surface area contributed by atoms with Crippen LogP contribution in [-0.2, 0) is 4.74 Å². The summed E-state index contributed by atoms with van der Waals surface area (Å²) in [5.74, 6) is 2.46. The Labute approximate surface area is 171 Å². The third-order valence-corrected chi connectivity index (χ3v) is 4.92. The van der Waals surface area contributed by atoms with Crippen molar-refractivity contribution >= 4 is 5.91 Å². The van der Waals surface area contributed by atoms with Gasteiger partial charge in [-0.2, -0.15) is 0 Å². The van der Waals surface area contributed by atoms with Gasteiger partial charge in [0.05, 0.1) is 34.5 Å². The van der Waals surface area contributed by atoms with E-state index in [9.17, 15) is 4.79 Å². The average Bonchev–Trinajstić information content (AvgIpc) is 2.77. The lowest BCUT2D eigenvalue weighted by Gasteiger charge is -2.33. The first kappa shape index (κ1) is 20.8. The largest absolute Gasteiger partial charge is 0.496 e. The van der Waals surface area contributed by atoms with Crippen molar-refractivity contribution in [3.05, 3.63) is 47.5 Å². The molecule has 1 unspecified atom stereocenters. The van der Waals surface area contributed by atoms with Gasteiger partial charge in [-0.1, -0.05) is 12.1 Å². The SMILES string of the molecule is COc1ccccc1OCC1CN(C(=O)c2cc(OC)c(C)c(OC)c2)CCO1. The third-order valence-electron chi connectivity index (χ3n) is 4.92. The molecule has 0 radical (unpaired) electrons. The maximum Gasteiger partial charge on any atom is 0.254 e. The van der Waals surface area contributed by atoms with Crippen LogP contribution < -0.4 is 18.9 Å². The van der Waals surface area contributed by atoms with Crippen LogP contribution in [0.5, 0.6) is 23.0 Å². The molecule has 2 aromatic rings. The Hall–Kier alpha value is -2.93. The van der Waals surface area contributed by atoms with Crippen molar-refractivity contribution in [1.82, 2.24) is 4.90 Å². The normalized spacial score (nSPS) is 16.3. The van der Waals surface area contributed by atoms with E-state index >= 15 is 0 Å². The second-order valence-corrected chi connectivity index (χ2v) is 6.71. The van der Waals surface area contributed by atoms with Crippen LogP contribution in [0.4, 0.5) is 0 Å². The number of benzene rings is 2. The molecule has 1 atom stereocenters. The lowest BCUT2D eigenvalue weighted by atomic mass is 10.1. The number of nitrogens with zero attached hydrogens (tertiary/aromatic N) is 1. The van der Waals surface area contributed by atoms with Crippen molar-refractivity contribution in [2.24, 2.45) is 0 Å². The zero-order chi connectivity index (χ0) is 20.8. The number of methoxy groups -OCH3 is 3. The maximum atomic E-state index is 13.1. The highest BCUT2D eigenvalue weighted by Crippen LogP contribution is 2.30. The van der Waals surface area contributed by atoms with Crippen LogP contribution in [0.1, 0.15) is 15.9 Å². The van der Waals surface area contributed by atoms with Crippen molar-refractivity contribution in [2.45, 2.75) is 13.0 Å². The highest BCUT2D eigenvalue weighted by Gasteiger charge is 2.27. The molecule has 1 aliphatic rings. The molecule has 1 saturated heterocycles. The van der Waals surface area contributed by atoms with Crippen molar-refractivity contribution in [3.8, 4) is 23.0 Å². The summed E-state index contributed by atoms with van der Waals surface area (Å²) in [6.45, 7) is 3.62. The molecule has 0 aliphatic carbocycles. The van der Waals surface area contributed by atoms with E-state index in [4.69, 9.17) is 23.7 Å². The van der Waals surface area contributed by atoms with Gasteiger partial charge < -0.3 is 28.6 Å². The first-order valence-corrected chi connectivity index (χ1v) is 9.46. The highest BCUT2D eigenvalue weighted by atomic mass is 16.5. The van der Waals surface area contributed by atoms with Crippen molar-refractivity contribution in [1.29, 1.82) is 0 Å². The van der Waals surface area contributed by atoms with Crippen molar-refractivity contribution < 1.29 is 28.5 Å². The second-order valence-electron chi connectivity index (χ2n) is 6.71. The van der Waals surface area contributed by atoms with Crippen LogP contribution in [0.25, 0.3) is 0 Å². The second kappa shape index (κ2) is 9.52. The predicted molar refractivity (Wildman–Crippen MR) is 108 cm³/mol. The number of morpholine rings is 1. The van der Waals surface area contributed by atoms with Gasteiger partial charge in [0.25, 0.3) is 5.91 Å². The van der Waals surface area contributed by atoms with Crippen LogP contribution in [0.3, 0.4) is 0 Å². The topological polar surface area (TPSA) is 66.5 Å². The Kier molecular flexibility index (Phi) is 6.82. The molecule has 7 nitrogen and oxygen atoms in total. The van der Waals surface area contributed by atoms with Gasteiger partial charge in [-0.3, -0.25) is 4.79 Å². The number of para-hydroxylation sites is 2. The summed E-state index contributed by atoms with van der Waals surface area (Å²) in [4.78, 5) is 14.8. The van der Waals surface area contributed by atoms with Crippen LogP contribution in [0.2, 0.25) is 0 Å². The molecule has 1 fully saturated rings. The van der Waals surface area contributed by atoms with Gasteiger partial charge in [0.15, 0.2) is 11.5 Å². The van der Waals surface area contributed by atoms with E-state index in [1.165, 1.54) is 0 Å². The van der Waals surface area contributed by atoms with Gasteiger partial charge in [-0.05, 0) is 31.2 Å². The molecular weight excluding hydrogens is 374 g/mol. The standard InChI is InChI=1S/C22H27NO6/c1-15-20(26-3)11-16(12-21(15)27-4)22(24)23-9-10-28-17(13-23)14-29-19-8-6-5-7-18(19)25-2/h5-8,11-12,17H,9-10,13-14H2,1-4H3. The van der Waals surface area contributed by atoms with E-state index in [0.29, 0.717) is 54.9 Å². The molecule has 0 N–H and O–H groups in total. The highest BCUT2D eigenvalue weighted by molar-refractivity contribution is 5.95. The fraction of sp³-hybridized carbons (Fsp3) is 0.409. The molecule has 0 aromatic heterocycles. The Morgan fingerprint density at radius 2 is 1.66 bits per heavy atom. The number of hydrogen-bond donors (Lipinski definition) is 0. The fourth-order valence-electron chi connectivity index (χ4n) is 3.32. The third kappa shape index (κ3) is 4.74. The molecule has 156 valence electrons. The average molecular weight is 401 g/mol. The Morgan fingerprint density at radius 3 is 2.28 bits per heavy atom. The Balaban J connectivity index is 1.68. The summed E-state index contributed by atoms with van der Waals surface area (Å²) in [6, 6.07) is 10.9. The molecule has 0 spiro atoms. The molecular formula is C22H27NO6. The minimum absolute atomic E-state index is 0.0906. The molecule has 1 heterocycles. The first-order valence-electron chi connectivity index (χ1n) is 9.46. The summed E-state index contributed by atoms with van der Waals surface area (Å²) < 4.78 is 27.7. The van der Waals surface area contributed by atoms with E-state index < -0.39 is 0 Å². The van der Waals surface area contributed by atoms with E-state index in [-0.39, 0.29) is 12.0 Å². The van der Waals surface area contributed by atoms with Gasteiger partial charge in [-0.25, -0.2) is 0 Å². The van der Waals surface area contributed by atoms with Crippen molar-refractivity contribution in [2.75, 3.05) is 47.6 Å². The van der Waals surface area contributed by atoms with Gasteiger partial charge in [0.1, 0.15) is 24.2 Å². The van der Waals surface area contributed by atoms with E-state index in [1.54, 1.807) is 38.4 Å². The molecule has 3 rings (SSSR count). The van der Waals surface area contributed by atoms with E-state index in [1.807, 2.05) is 31.2 Å². The van der Waals surface area contributed by atoms with E-state index in [0.717, 1.165) is 5.56 Å². The Morgan fingerprint density at radius 1 is 1.03 bits per heavy atom. The lowest BCUT2D eigenvalue weighted by molar-refractivity contribution is -0.0404. The number of rotatable bonds is 7. The molecule has 7 heteroatoms. The Bertz CT molecular complexity index is 828.